The third-order valence-corrected chi connectivity index (χ3v) is 4.92. The molecule has 1 aromatic heterocycles. The summed E-state index contributed by atoms with van der Waals surface area (Å²) >= 11 is 0. The van der Waals surface area contributed by atoms with Crippen molar-refractivity contribution in [3.63, 3.8) is 0 Å². The first-order valence-electron chi connectivity index (χ1n) is 8.78. The Morgan fingerprint density at radius 2 is 1.85 bits per heavy atom. The van der Waals surface area contributed by atoms with Crippen molar-refractivity contribution in [1.29, 1.82) is 0 Å². The Labute approximate surface area is 155 Å². The number of benzene rings is 3. The highest BCUT2D eigenvalue weighted by Gasteiger charge is 2.19. The van der Waals surface area contributed by atoms with Gasteiger partial charge in [0.05, 0.1) is 0 Å². The summed E-state index contributed by atoms with van der Waals surface area (Å²) in [7, 11) is 0. The molecule has 5 rings (SSSR count). The van der Waals surface area contributed by atoms with Gasteiger partial charge in [-0.15, -0.1) is 0 Å². The van der Waals surface area contributed by atoms with Crippen LogP contribution in [0.1, 0.15) is 21.7 Å². The van der Waals surface area contributed by atoms with Crippen molar-refractivity contribution >= 4 is 27.6 Å². The predicted octanol–water partition coefficient (Wildman–Crippen LogP) is 4.55. The van der Waals surface area contributed by atoms with Crippen LogP contribution in [0.3, 0.4) is 0 Å². The van der Waals surface area contributed by atoms with E-state index in [1.165, 1.54) is 0 Å². The maximum atomic E-state index is 12.7. The molecule has 0 atom stereocenters. The fourth-order valence-corrected chi connectivity index (χ4v) is 3.48. The van der Waals surface area contributed by atoms with Gasteiger partial charge in [0, 0.05) is 22.9 Å². The second-order valence-electron chi connectivity index (χ2n) is 6.59. The van der Waals surface area contributed by atoms with E-state index in [9.17, 15) is 4.79 Å². The van der Waals surface area contributed by atoms with Crippen LogP contribution in [-0.4, -0.2) is 12.7 Å². The quantitative estimate of drug-likeness (QED) is 0.583. The number of rotatable bonds is 3. The summed E-state index contributed by atoms with van der Waals surface area (Å²) < 4.78 is 16.7. The second-order valence-corrected chi connectivity index (χ2v) is 6.59. The van der Waals surface area contributed by atoms with Crippen LogP contribution in [-0.2, 0) is 6.54 Å². The predicted molar refractivity (Wildman–Crippen MR) is 102 cm³/mol. The summed E-state index contributed by atoms with van der Waals surface area (Å²) in [6.07, 6.45) is 0. The molecule has 0 fully saturated rings. The zero-order valence-electron chi connectivity index (χ0n) is 14.7. The van der Waals surface area contributed by atoms with E-state index in [0.29, 0.717) is 18.1 Å². The number of ether oxygens (including phenoxy) is 2. The number of hydrogen-bond acceptors (Lipinski definition) is 4. The first kappa shape index (κ1) is 15.8. The van der Waals surface area contributed by atoms with Crippen LogP contribution < -0.4 is 14.8 Å². The maximum absolute atomic E-state index is 12.7. The SMILES string of the molecule is Cc1c(C(=O)NCc2ccc3c(c2)OCO3)oc2c1ccc1ccccc12. The van der Waals surface area contributed by atoms with Crippen LogP contribution in [0.4, 0.5) is 0 Å². The van der Waals surface area contributed by atoms with E-state index in [0.717, 1.165) is 38.6 Å². The Bertz CT molecular complexity index is 1190. The van der Waals surface area contributed by atoms with E-state index in [4.69, 9.17) is 13.9 Å². The molecule has 5 heteroatoms. The molecule has 1 amide bonds. The molecule has 1 aliphatic rings. The average molecular weight is 359 g/mol. The number of nitrogens with one attached hydrogen (secondary N) is 1. The van der Waals surface area contributed by atoms with Gasteiger partial charge in [0.2, 0.25) is 6.79 Å². The maximum Gasteiger partial charge on any atom is 0.287 e. The average Bonchev–Trinajstić information content (AvgIpc) is 3.30. The van der Waals surface area contributed by atoms with Crippen LogP contribution in [0.25, 0.3) is 21.7 Å². The molecule has 1 N–H and O–H groups in total. The topological polar surface area (TPSA) is 60.7 Å². The molecule has 27 heavy (non-hydrogen) atoms. The molecule has 0 spiro atoms. The third kappa shape index (κ3) is 2.59. The van der Waals surface area contributed by atoms with Crippen LogP contribution >= 0.6 is 0 Å². The van der Waals surface area contributed by atoms with E-state index >= 15 is 0 Å². The van der Waals surface area contributed by atoms with Crippen molar-refractivity contribution in [2.75, 3.05) is 6.79 Å². The minimum Gasteiger partial charge on any atom is -0.454 e. The number of fused-ring (bicyclic) bond motifs is 4. The molecule has 0 saturated heterocycles. The lowest BCUT2D eigenvalue weighted by atomic mass is 10.1. The molecule has 5 nitrogen and oxygen atoms in total. The molecular weight excluding hydrogens is 342 g/mol. The van der Waals surface area contributed by atoms with Gasteiger partial charge in [-0.1, -0.05) is 42.5 Å². The van der Waals surface area contributed by atoms with E-state index in [1.54, 1.807) is 0 Å². The first-order valence-corrected chi connectivity index (χ1v) is 8.78. The normalized spacial score (nSPS) is 12.6. The molecule has 0 saturated carbocycles. The Morgan fingerprint density at radius 3 is 2.78 bits per heavy atom. The molecular formula is C22H17NO4. The second kappa shape index (κ2) is 6.06. The smallest absolute Gasteiger partial charge is 0.287 e. The van der Waals surface area contributed by atoms with E-state index < -0.39 is 0 Å². The van der Waals surface area contributed by atoms with Gasteiger partial charge in [0.25, 0.3) is 5.91 Å². The van der Waals surface area contributed by atoms with Gasteiger partial charge >= 0.3 is 0 Å². The van der Waals surface area contributed by atoms with Crippen LogP contribution in [0.5, 0.6) is 11.5 Å². The van der Waals surface area contributed by atoms with Gasteiger partial charge in [-0.05, 0) is 30.0 Å². The standard InChI is InChI=1S/C22H17NO4/c1-13-16-8-7-15-4-2-3-5-17(15)21(16)27-20(13)22(24)23-11-14-6-9-18-19(10-14)26-12-25-18/h2-10H,11-12H2,1H3,(H,23,24). The molecule has 1 aliphatic heterocycles. The van der Waals surface area contributed by atoms with E-state index in [-0.39, 0.29) is 12.7 Å². The molecule has 0 bridgehead atoms. The minimum absolute atomic E-state index is 0.231. The highest BCUT2D eigenvalue weighted by Crippen LogP contribution is 2.33. The lowest BCUT2D eigenvalue weighted by Gasteiger charge is -2.05. The fourth-order valence-electron chi connectivity index (χ4n) is 3.48. The van der Waals surface area contributed by atoms with Crippen molar-refractivity contribution in [2.24, 2.45) is 0 Å². The number of amides is 1. The number of aryl methyl sites for hydroxylation is 1. The largest absolute Gasteiger partial charge is 0.454 e. The Hall–Kier alpha value is -3.47. The minimum atomic E-state index is -0.231. The highest BCUT2D eigenvalue weighted by atomic mass is 16.7. The lowest BCUT2D eigenvalue weighted by molar-refractivity contribution is 0.0924. The summed E-state index contributed by atoms with van der Waals surface area (Å²) in [5.74, 6) is 1.55. The molecule has 0 radical (unpaired) electrons. The van der Waals surface area contributed by atoms with Gasteiger partial charge in [-0.3, -0.25) is 4.79 Å². The van der Waals surface area contributed by atoms with Crippen molar-refractivity contribution in [1.82, 2.24) is 5.32 Å². The number of furan rings is 1. The molecule has 3 aromatic carbocycles. The Morgan fingerprint density at radius 1 is 1.00 bits per heavy atom. The lowest BCUT2D eigenvalue weighted by Crippen LogP contribution is -2.22. The Kier molecular flexibility index (Phi) is 3.53. The van der Waals surface area contributed by atoms with Crippen molar-refractivity contribution in [3.05, 3.63) is 71.5 Å². The zero-order chi connectivity index (χ0) is 18.4. The molecule has 0 unspecified atom stereocenters. The van der Waals surface area contributed by atoms with Crippen LogP contribution in [0.2, 0.25) is 0 Å². The highest BCUT2D eigenvalue weighted by molar-refractivity contribution is 6.08. The molecule has 134 valence electrons. The van der Waals surface area contributed by atoms with Crippen molar-refractivity contribution in [3.8, 4) is 11.5 Å². The van der Waals surface area contributed by atoms with Crippen LogP contribution in [0, 0.1) is 6.92 Å². The number of hydrogen-bond donors (Lipinski definition) is 1. The van der Waals surface area contributed by atoms with Gasteiger partial charge in [-0.25, -0.2) is 0 Å². The summed E-state index contributed by atoms with van der Waals surface area (Å²) in [5, 5.41) is 5.98. The van der Waals surface area contributed by atoms with Gasteiger partial charge in [0.1, 0.15) is 5.58 Å². The summed E-state index contributed by atoms with van der Waals surface area (Å²) in [5.41, 5.74) is 2.53. The first-order chi connectivity index (χ1) is 13.2. The van der Waals surface area contributed by atoms with E-state index in [2.05, 4.69) is 11.4 Å². The number of carbonyl (C=O) groups is 1. The van der Waals surface area contributed by atoms with Crippen LogP contribution in [0.15, 0.2) is 59.0 Å². The third-order valence-electron chi connectivity index (χ3n) is 4.92. The monoisotopic (exact) mass is 359 g/mol. The van der Waals surface area contributed by atoms with E-state index in [1.807, 2.05) is 55.5 Å². The fraction of sp³-hybridized carbons (Fsp3) is 0.136. The van der Waals surface area contributed by atoms with Gasteiger partial charge in [0.15, 0.2) is 17.3 Å². The summed E-state index contributed by atoms with van der Waals surface area (Å²) in [6, 6.07) is 17.7. The van der Waals surface area contributed by atoms with Crippen molar-refractivity contribution in [2.45, 2.75) is 13.5 Å². The van der Waals surface area contributed by atoms with Gasteiger partial charge < -0.3 is 19.2 Å². The number of carbonyl (C=O) groups excluding carboxylic acids is 1. The zero-order valence-corrected chi connectivity index (χ0v) is 14.7. The summed E-state index contributed by atoms with van der Waals surface area (Å²) in [4.78, 5) is 12.7. The Balaban J connectivity index is 1.43. The van der Waals surface area contributed by atoms with Gasteiger partial charge in [-0.2, -0.15) is 0 Å². The molecule has 0 aliphatic carbocycles. The molecule has 4 aromatic rings. The van der Waals surface area contributed by atoms with Crippen molar-refractivity contribution < 1.29 is 18.7 Å². The molecule has 2 heterocycles. The summed E-state index contributed by atoms with van der Waals surface area (Å²) in [6.45, 7) is 2.53.